The van der Waals surface area contributed by atoms with Gasteiger partial charge in [-0.15, -0.1) is 5.10 Å². The predicted molar refractivity (Wildman–Crippen MR) is 84.4 cm³/mol. The van der Waals surface area contributed by atoms with Gasteiger partial charge in [0, 0.05) is 5.56 Å². The average molecular weight is 339 g/mol. The Hall–Kier alpha value is -2.42. The smallest absolute Gasteiger partial charge is 0.316 e. The third-order valence-electron chi connectivity index (χ3n) is 3.03. The lowest BCUT2D eigenvalue weighted by atomic mass is 10.1. The molecule has 23 heavy (non-hydrogen) atoms. The molecule has 1 heterocycles. The van der Waals surface area contributed by atoms with Crippen LogP contribution in [0.5, 0.6) is 17.2 Å². The van der Waals surface area contributed by atoms with E-state index in [0.29, 0.717) is 33.8 Å². The molecule has 2 aromatic rings. The topological polar surface area (TPSA) is 107 Å². The van der Waals surface area contributed by atoms with Crippen LogP contribution in [0.25, 0.3) is 11.4 Å². The van der Waals surface area contributed by atoms with Gasteiger partial charge >= 0.3 is 5.97 Å². The molecule has 8 nitrogen and oxygen atoms in total. The Bertz CT molecular complexity index is 678. The molecule has 0 aliphatic carbocycles. The first-order valence-corrected chi connectivity index (χ1v) is 7.50. The third-order valence-corrected chi connectivity index (χ3v) is 3.98. The minimum absolute atomic E-state index is 0.351. The number of aromatic amines is 1. The zero-order valence-electron chi connectivity index (χ0n) is 13.1. The molecule has 0 unspecified atom stereocenters. The molecule has 124 valence electrons. The second-order valence-corrected chi connectivity index (χ2v) is 5.79. The highest BCUT2D eigenvalue weighted by atomic mass is 32.2. The standard InChI is InChI=1S/C14H17N3O5S/c1-7(13(18)19)23-14-15-12(16-17-14)8-5-9(20-2)11(22-4)10(6-8)21-3/h5-7H,1-4H3,(H,18,19)(H,15,16,17)/t7-/m0/s1. The predicted octanol–water partition coefficient (Wildman–Crippen LogP) is 2.06. The molecular weight excluding hydrogens is 322 g/mol. The molecule has 1 aromatic carbocycles. The van der Waals surface area contributed by atoms with Crippen LogP contribution in [0, 0.1) is 0 Å². The second-order valence-electron chi connectivity index (χ2n) is 4.48. The highest BCUT2D eigenvalue weighted by Crippen LogP contribution is 2.40. The zero-order valence-corrected chi connectivity index (χ0v) is 13.9. The summed E-state index contributed by atoms with van der Waals surface area (Å²) in [5.74, 6) is 1.02. The number of methoxy groups -OCH3 is 3. The average Bonchev–Trinajstić information content (AvgIpc) is 3.01. The molecule has 2 N–H and O–H groups in total. The SMILES string of the molecule is COc1cc(-c2nc(S[C@@H](C)C(=O)O)n[nH]2)cc(OC)c1OC. The Kier molecular flexibility index (Phi) is 5.32. The van der Waals surface area contributed by atoms with Crippen LogP contribution in [-0.4, -0.2) is 52.8 Å². The van der Waals surface area contributed by atoms with Crippen molar-refractivity contribution >= 4 is 17.7 Å². The summed E-state index contributed by atoms with van der Waals surface area (Å²) in [6.07, 6.45) is 0. The van der Waals surface area contributed by atoms with Gasteiger partial charge in [0.1, 0.15) is 5.25 Å². The van der Waals surface area contributed by atoms with Crippen LogP contribution in [0.15, 0.2) is 17.3 Å². The first-order valence-electron chi connectivity index (χ1n) is 6.62. The van der Waals surface area contributed by atoms with Gasteiger partial charge in [-0.1, -0.05) is 11.8 Å². The summed E-state index contributed by atoms with van der Waals surface area (Å²) in [6, 6.07) is 3.47. The van der Waals surface area contributed by atoms with Gasteiger partial charge in [0.05, 0.1) is 21.3 Å². The number of carboxylic acid groups (broad SMARTS) is 1. The van der Waals surface area contributed by atoms with Crippen molar-refractivity contribution in [2.24, 2.45) is 0 Å². The minimum Gasteiger partial charge on any atom is -0.493 e. The number of nitrogens with zero attached hydrogens (tertiary/aromatic N) is 2. The van der Waals surface area contributed by atoms with E-state index in [1.54, 1.807) is 19.1 Å². The van der Waals surface area contributed by atoms with E-state index in [0.717, 1.165) is 11.8 Å². The van der Waals surface area contributed by atoms with Crippen molar-refractivity contribution in [3.63, 3.8) is 0 Å². The van der Waals surface area contributed by atoms with Crippen LogP contribution >= 0.6 is 11.8 Å². The Labute approximate surface area is 137 Å². The highest BCUT2D eigenvalue weighted by Gasteiger charge is 2.18. The number of hydrogen-bond donors (Lipinski definition) is 2. The number of H-pyrrole nitrogens is 1. The molecule has 0 saturated carbocycles. The fraction of sp³-hybridized carbons (Fsp3) is 0.357. The molecule has 0 bridgehead atoms. The van der Waals surface area contributed by atoms with E-state index in [2.05, 4.69) is 15.2 Å². The normalized spacial score (nSPS) is 11.8. The minimum atomic E-state index is -0.922. The molecular formula is C14H17N3O5S. The van der Waals surface area contributed by atoms with Gasteiger partial charge < -0.3 is 19.3 Å². The van der Waals surface area contributed by atoms with Gasteiger partial charge in [0.2, 0.25) is 10.9 Å². The number of thioether (sulfide) groups is 1. The van der Waals surface area contributed by atoms with Crippen LogP contribution < -0.4 is 14.2 Å². The van der Waals surface area contributed by atoms with Crippen molar-refractivity contribution < 1.29 is 24.1 Å². The van der Waals surface area contributed by atoms with Gasteiger partial charge in [-0.25, -0.2) is 4.98 Å². The Morgan fingerprint density at radius 3 is 2.30 bits per heavy atom. The molecule has 0 spiro atoms. The maximum Gasteiger partial charge on any atom is 0.316 e. The van der Waals surface area contributed by atoms with Crippen LogP contribution in [0.3, 0.4) is 0 Å². The molecule has 0 amide bonds. The molecule has 0 aliphatic rings. The highest BCUT2D eigenvalue weighted by molar-refractivity contribution is 8.00. The second kappa shape index (κ2) is 7.23. The van der Waals surface area contributed by atoms with Gasteiger partial charge in [0.15, 0.2) is 17.3 Å². The zero-order chi connectivity index (χ0) is 17.0. The lowest BCUT2D eigenvalue weighted by Crippen LogP contribution is -2.11. The number of rotatable bonds is 7. The summed E-state index contributed by atoms with van der Waals surface area (Å²) in [7, 11) is 4.57. The first-order chi connectivity index (χ1) is 11.0. The van der Waals surface area contributed by atoms with Gasteiger partial charge in [-0.3, -0.25) is 9.89 Å². The number of benzene rings is 1. The van der Waals surface area contributed by atoms with Gasteiger partial charge in [-0.05, 0) is 19.1 Å². The van der Waals surface area contributed by atoms with Crippen LogP contribution in [0.4, 0.5) is 0 Å². The van der Waals surface area contributed by atoms with Crippen LogP contribution in [0.2, 0.25) is 0 Å². The van der Waals surface area contributed by atoms with E-state index in [-0.39, 0.29) is 0 Å². The summed E-state index contributed by atoms with van der Waals surface area (Å²) in [5, 5.41) is 15.4. The van der Waals surface area contributed by atoms with E-state index in [1.807, 2.05) is 0 Å². The number of carbonyl (C=O) groups is 1. The number of carboxylic acids is 1. The summed E-state index contributed by atoms with van der Waals surface area (Å²) < 4.78 is 15.9. The van der Waals surface area contributed by atoms with E-state index in [9.17, 15) is 4.79 Å². The van der Waals surface area contributed by atoms with Crippen molar-refractivity contribution in [3.8, 4) is 28.6 Å². The third kappa shape index (κ3) is 3.67. The molecule has 1 atom stereocenters. The van der Waals surface area contributed by atoms with Crippen molar-refractivity contribution in [1.82, 2.24) is 15.2 Å². The quantitative estimate of drug-likeness (QED) is 0.738. The summed E-state index contributed by atoms with van der Waals surface area (Å²) >= 11 is 1.05. The van der Waals surface area contributed by atoms with Crippen LogP contribution in [-0.2, 0) is 4.79 Å². The molecule has 0 radical (unpaired) electrons. The van der Waals surface area contributed by atoms with Gasteiger partial charge in [0.25, 0.3) is 0 Å². The van der Waals surface area contributed by atoms with E-state index in [1.165, 1.54) is 21.3 Å². The van der Waals surface area contributed by atoms with Crippen molar-refractivity contribution in [1.29, 1.82) is 0 Å². The maximum atomic E-state index is 10.9. The van der Waals surface area contributed by atoms with Crippen molar-refractivity contribution in [2.75, 3.05) is 21.3 Å². The fourth-order valence-corrected chi connectivity index (χ4v) is 2.51. The monoisotopic (exact) mass is 339 g/mol. The number of aromatic nitrogens is 3. The van der Waals surface area contributed by atoms with E-state index in [4.69, 9.17) is 19.3 Å². The fourth-order valence-electron chi connectivity index (χ4n) is 1.85. The van der Waals surface area contributed by atoms with Crippen molar-refractivity contribution in [3.05, 3.63) is 12.1 Å². The number of ether oxygens (including phenoxy) is 3. The molecule has 0 aliphatic heterocycles. The number of aliphatic carboxylic acids is 1. The Morgan fingerprint density at radius 2 is 1.83 bits per heavy atom. The molecule has 9 heteroatoms. The summed E-state index contributed by atoms with van der Waals surface area (Å²) in [4.78, 5) is 15.2. The molecule has 0 fully saturated rings. The maximum absolute atomic E-state index is 10.9. The van der Waals surface area contributed by atoms with E-state index < -0.39 is 11.2 Å². The number of hydrogen-bond acceptors (Lipinski definition) is 7. The molecule has 0 saturated heterocycles. The van der Waals surface area contributed by atoms with Gasteiger partial charge in [-0.2, -0.15) is 0 Å². The lowest BCUT2D eigenvalue weighted by Gasteiger charge is -2.13. The molecule has 2 rings (SSSR count). The first kappa shape index (κ1) is 16.9. The van der Waals surface area contributed by atoms with E-state index >= 15 is 0 Å². The Balaban J connectivity index is 2.35. The lowest BCUT2D eigenvalue weighted by molar-refractivity contribution is -0.136. The largest absolute Gasteiger partial charge is 0.493 e. The van der Waals surface area contributed by atoms with Crippen molar-refractivity contribution in [2.45, 2.75) is 17.3 Å². The van der Waals surface area contributed by atoms with Crippen LogP contribution in [0.1, 0.15) is 6.92 Å². The number of nitrogens with one attached hydrogen (secondary N) is 1. The summed E-state index contributed by atoms with van der Waals surface area (Å²) in [6.45, 7) is 1.57. The Morgan fingerprint density at radius 1 is 1.22 bits per heavy atom. The molecule has 1 aromatic heterocycles. The summed E-state index contributed by atoms with van der Waals surface area (Å²) in [5.41, 5.74) is 0.682.